The topological polar surface area (TPSA) is 156 Å². The highest BCUT2D eigenvalue weighted by molar-refractivity contribution is 5.69. The molecule has 0 aromatic carbocycles. The zero-order chi connectivity index (χ0) is 15.3. The summed E-state index contributed by atoms with van der Waals surface area (Å²) in [6.45, 7) is 0. The van der Waals surface area contributed by atoms with Gasteiger partial charge in [0.15, 0.2) is 21.2 Å². The third kappa shape index (κ3) is 3.16. The SMILES string of the molecule is O=C(CCC([N+](=O)[O-])([N+](=O)[O-])[N+](=O)[O-])OC1CCCC1. The van der Waals surface area contributed by atoms with E-state index in [-0.39, 0.29) is 6.10 Å². The summed E-state index contributed by atoms with van der Waals surface area (Å²) < 4.78 is 4.94. The van der Waals surface area contributed by atoms with Crippen molar-refractivity contribution < 1.29 is 24.3 Å². The molecule has 0 heterocycles. The number of hydrogen-bond donors (Lipinski definition) is 0. The molecule has 20 heavy (non-hydrogen) atoms. The average Bonchev–Trinajstić information content (AvgIpc) is 2.80. The Hall–Kier alpha value is -2.33. The second-order valence-electron chi connectivity index (χ2n) is 4.44. The van der Waals surface area contributed by atoms with Gasteiger partial charge < -0.3 is 4.74 Å². The fourth-order valence-corrected chi connectivity index (χ4v) is 1.99. The molecular weight excluding hydrogens is 278 g/mol. The van der Waals surface area contributed by atoms with Crippen LogP contribution in [0.15, 0.2) is 0 Å². The van der Waals surface area contributed by atoms with Crippen LogP contribution in [0.25, 0.3) is 0 Å². The zero-order valence-electron chi connectivity index (χ0n) is 10.4. The highest BCUT2D eigenvalue weighted by Gasteiger charge is 2.69. The van der Waals surface area contributed by atoms with Crippen LogP contribution in [0.2, 0.25) is 0 Å². The van der Waals surface area contributed by atoms with E-state index in [0.29, 0.717) is 12.8 Å². The first-order chi connectivity index (χ1) is 9.30. The Bertz CT molecular complexity index is 395. The Morgan fingerprint density at radius 3 is 1.90 bits per heavy atom. The van der Waals surface area contributed by atoms with Gasteiger partial charge in [0.2, 0.25) is 0 Å². The molecule has 0 aromatic heterocycles. The molecule has 0 atom stereocenters. The summed E-state index contributed by atoms with van der Waals surface area (Å²) in [5, 5.41) is 31.9. The smallest absolute Gasteiger partial charge is 0.462 e. The lowest BCUT2D eigenvalue weighted by Gasteiger charge is -2.12. The summed E-state index contributed by atoms with van der Waals surface area (Å²) >= 11 is 0. The third-order valence-corrected chi connectivity index (χ3v) is 3.14. The van der Waals surface area contributed by atoms with E-state index in [1.165, 1.54) is 0 Å². The Balaban J connectivity index is 2.66. The van der Waals surface area contributed by atoms with Crippen LogP contribution in [-0.4, -0.2) is 32.6 Å². The van der Waals surface area contributed by atoms with Crippen molar-refractivity contribution in [3.8, 4) is 0 Å². The zero-order valence-corrected chi connectivity index (χ0v) is 10.4. The summed E-state index contributed by atoms with van der Waals surface area (Å²) in [5.74, 6) is -4.50. The first-order valence-corrected chi connectivity index (χ1v) is 5.93. The predicted molar refractivity (Wildman–Crippen MR) is 61.3 cm³/mol. The summed E-state index contributed by atoms with van der Waals surface area (Å²) in [7, 11) is 0. The van der Waals surface area contributed by atoms with Crippen molar-refractivity contribution in [2.24, 2.45) is 0 Å². The van der Waals surface area contributed by atoms with Crippen molar-refractivity contribution in [3.63, 3.8) is 0 Å². The van der Waals surface area contributed by atoms with Gasteiger partial charge in [-0.2, -0.15) is 0 Å². The summed E-state index contributed by atoms with van der Waals surface area (Å²) in [6, 6.07) is 0. The first kappa shape index (κ1) is 15.7. The van der Waals surface area contributed by atoms with E-state index in [4.69, 9.17) is 4.74 Å². The monoisotopic (exact) mass is 291 g/mol. The van der Waals surface area contributed by atoms with Gasteiger partial charge in [-0.15, -0.1) is 0 Å². The minimum Gasteiger partial charge on any atom is -0.462 e. The van der Waals surface area contributed by atoms with E-state index in [1.807, 2.05) is 0 Å². The second-order valence-corrected chi connectivity index (χ2v) is 4.44. The molecule has 0 saturated heterocycles. The molecule has 0 aromatic rings. The van der Waals surface area contributed by atoms with Crippen LogP contribution < -0.4 is 0 Å². The molecule has 11 heteroatoms. The molecule has 1 rings (SSSR count). The van der Waals surface area contributed by atoms with E-state index in [1.54, 1.807) is 0 Å². The van der Waals surface area contributed by atoms with Gasteiger partial charge in [-0.3, -0.25) is 35.1 Å². The van der Waals surface area contributed by atoms with Crippen molar-refractivity contribution in [1.29, 1.82) is 0 Å². The van der Waals surface area contributed by atoms with Crippen LogP contribution in [-0.2, 0) is 9.53 Å². The van der Waals surface area contributed by atoms with Crippen LogP contribution in [0, 0.1) is 30.3 Å². The fourth-order valence-electron chi connectivity index (χ4n) is 1.99. The van der Waals surface area contributed by atoms with Gasteiger partial charge in [-0.05, 0) is 25.7 Å². The summed E-state index contributed by atoms with van der Waals surface area (Å²) in [5.41, 5.74) is 0. The number of nitrogens with zero attached hydrogens (tertiary/aromatic N) is 3. The highest BCUT2D eigenvalue weighted by atomic mass is 16.7. The summed E-state index contributed by atoms with van der Waals surface area (Å²) in [4.78, 5) is 38.5. The second kappa shape index (κ2) is 6.21. The number of nitro groups is 3. The highest BCUT2D eigenvalue weighted by Crippen LogP contribution is 2.23. The Kier molecular flexibility index (Phi) is 4.88. The predicted octanol–water partition coefficient (Wildman–Crippen LogP) is 0.736. The number of esters is 1. The molecule has 11 nitrogen and oxygen atoms in total. The summed E-state index contributed by atoms with van der Waals surface area (Å²) in [6.07, 6.45) is 0.901. The van der Waals surface area contributed by atoms with Crippen LogP contribution in [0.5, 0.6) is 0 Å². The van der Waals surface area contributed by atoms with Gasteiger partial charge in [0, 0.05) is 0 Å². The van der Waals surface area contributed by atoms with E-state index in [9.17, 15) is 35.1 Å². The van der Waals surface area contributed by atoms with E-state index in [0.717, 1.165) is 12.8 Å². The van der Waals surface area contributed by atoms with Crippen molar-refractivity contribution >= 4 is 5.97 Å². The molecule has 0 unspecified atom stereocenters. The van der Waals surface area contributed by atoms with Crippen molar-refractivity contribution in [3.05, 3.63) is 30.3 Å². The maximum atomic E-state index is 11.4. The molecule has 112 valence electrons. The first-order valence-electron chi connectivity index (χ1n) is 5.93. The largest absolute Gasteiger partial charge is 0.700 e. The molecule has 1 saturated carbocycles. The van der Waals surface area contributed by atoms with Crippen molar-refractivity contribution in [1.82, 2.24) is 0 Å². The number of ether oxygens (including phenoxy) is 1. The molecule has 1 aliphatic rings. The standard InChI is InChI=1S/C9H13N3O8/c13-8(20-7-3-1-2-4-7)5-6-9(10(14)15,11(16)17)12(18)19/h7H,1-6H2. The normalized spacial score (nSPS) is 15.8. The molecule has 1 fully saturated rings. The molecule has 0 amide bonds. The molecule has 0 aliphatic heterocycles. The Labute approximate surface area is 112 Å². The van der Waals surface area contributed by atoms with Gasteiger partial charge in [-0.25, -0.2) is 0 Å². The molecule has 0 bridgehead atoms. The fraction of sp³-hybridized carbons (Fsp3) is 0.889. The molecule has 0 spiro atoms. The molecular formula is C9H13N3O8. The minimum atomic E-state index is -3.60. The lowest BCUT2D eigenvalue weighted by Crippen LogP contribution is -2.53. The van der Waals surface area contributed by atoms with Gasteiger partial charge in [0.25, 0.3) is 0 Å². The maximum Gasteiger partial charge on any atom is 0.700 e. The average molecular weight is 291 g/mol. The van der Waals surface area contributed by atoms with Crippen LogP contribution in [0.3, 0.4) is 0 Å². The van der Waals surface area contributed by atoms with Crippen LogP contribution >= 0.6 is 0 Å². The number of carbonyl (C=O) groups excluding carboxylic acids is 1. The van der Waals surface area contributed by atoms with Gasteiger partial charge >= 0.3 is 11.8 Å². The molecule has 1 aliphatic carbocycles. The number of carbonyl (C=O) groups is 1. The van der Waals surface area contributed by atoms with Crippen LogP contribution in [0.1, 0.15) is 38.5 Å². The van der Waals surface area contributed by atoms with E-state index in [2.05, 4.69) is 0 Å². The lowest BCUT2D eigenvalue weighted by atomic mass is 10.2. The Morgan fingerprint density at radius 1 is 1.05 bits per heavy atom. The van der Waals surface area contributed by atoms with E-state index >= 15 is 0 Å². The van der Waals surface area contributed by atoms with Gasteiger partial charge in [0.1, 0.15) is 6.10 Å². The number of rotatable bonds is 7. The van der Waals surface area contributed by atoms with Gasteiger partial charge in [-0.1, -0.05) is 0 Å². The molecule has 0 N–H and O–H groups in total. The quantitative estimate of drug-likeness (QED) is 0.287. The van der Waals surface area contributed by atoms with Crippen molar-refractivity contribution in [2.75, 3.05) is 0 Å². The van der Waals surface area contributed by atoms with E-state index < -0.39 is 39.4 Å². The number of hydrogen-bond acceptors (Lipinski definition) is 8. The van der Waals surface area contributed by atoms with Crippen molar-refractivity contribution in [2.45, 2.75) is 50.4 Å². The third-order valence-electron chi connectivity index (χ3n) is 3.14. The lowest BCUT2D eigenvalue weighted by molar-refractivity contribution is -0.970. The Morgan fingerprint density at radius 2 is 1.50 bits per heavy atom. The molecule has 0 radical (unpaired) electrons. The van der Waals surface area contributed by atoms with Crippen LogP contribution in [0.4, 0.5) is 0 Å². The van der Waals surface area contributed by atoms with Gasteiger partial charge in [0.05, 0.1) is 6.42 Å². The minimum absolute atomic E-state index is 0.307. The maximum absolute atomic E-state index is 11.4.